The van der Waals surface area contributed by atoms with Crippen LogP contribution in [0.5, 0.6) is 5.75 Å². The van der Waals surface area contributed by atoms with Crippen LogP contribution in [0.2, 0.25) is 0 Å². The first-order chi connectivity index (χ1) is 12.2. The molecule has 5 nitrogen and oxygen atoms in total. The summed E-state index contributed by atoms with van der Waals surface area (Å²) in [6, 6.07) is 17.4. The maximum Gasteiger partial charge on any atom is 0.224 e. The van der Waals surface area contributed by atoms with Crippen molar-refractivity contribution in [1.82, 2.24) is 10.2 Å². The third-order valence-electron chi connectivity index (χ3n) is 3.98. The molecule has 128 valence electrons. The van der Waals surface area contributed by atoms with E-state index in [2.05, 4.69) is 15.5 Å². The van der Waals surface area contributed by atoms with Gasteiger partial charge in [0, 0.05) is 23.4 Å². The van der Waals surface area contributed by atoms with Crippen molar-refractivity contribution in [3.05, 3.63) is 65.9 Å². The number of para-hydroxylation sites is 1. The standard InChI is InChI=1S/C20H21N3O2/c1-14-13-18(23-22-14)15-7-10-17(11-8-15)21-20(24)12-9-16-5-3-4-6-19(16)25-2/h3-8,10-11,13H,9,12H2,1-2H3,(H,21,24)(H,22,23). The smallest absolute Gasteiger partial charge is 0.224 e. The Hall–Kier alpha value is -3.08. The van der Waals surface area contributed by atoms with Crippen molar-refractivity contribution in [2.75, 3.05) is 12.4 Å². The van der Waals surface area contributed by atoms with Crippen molar-refractivity contribution in [2.45, 2.75) is 19.8 Å². The SMILES string of the molecule is COc1ccccc1CCC(=O)Nc1ccc(-c2cc(C)[nH]n2)cc1. The van der Waals surface area contributed by atoms with Gasteiger partial charge in [-0.3, -0.25) is 9.89 Å². The zero-order valence-corrected chi connectivity index (χ0v) is 14.4. The molecule has 0 aliphatic carbocycles. The van der Waals surface area contributed by atoms with Crippen molar-refractivity contribution in [2.24, 2.45) is 0 Å². The highest BCUT2D eigenvalue weighted by molar-refractivity contribution is 5.91. The molecule has 3 rings (SSSR count). The number of aromatic amines is 1. The lowest BCUT2D eigenvalue weighted by Gasteiger charge is -2.09. The molecular formula is C20H21N3O2. The number of aromatic nitrogens is 2. The Morgan fingerprint density at radius 3 is 2.60 bits per heavy atom. The summed E-state index contributed by atoms with van der Waals surface area (Å²) in [4.78, 5) is 12.2. The Balaban J connectivity index is 1.57. The number of aryl methyl sites for hydroxylation is 2. The average Bonchev–Trinajstić information content (AvgIpc) is 3.07. The topological polar surface area (TPSA) is 67.0 Å². The molecule has 1 aromatic heterocycles. The van der Waals surface area contributed by atoms with Gasteiger partial charge in [0.1, 0.15) is 5.75 Å². The molecule has 0 fully saturated rings. The zero-order chi connectivity index (χ0) is 17.6. The van der Waals surface area contributed by atoms with E-state index < -0.39 is 0 Å². The predicted molar refractivity (Wildman–Crippen MR) is 98.7 cm³/mol. The van der Waals surface area contributed by atoms with Gasteiger partial charge in [-0.25, -0.2) is 0 Å². The number of ether oxygens (including phenoxy) is 1. The van der Waals surface area contributed by atoms with Crippen molar-refractivity contribution >= 4 is 11.6 Å². The molecule has 0 unspecified atom stereocenters. The first-order valence-electron chi connectivity index (χ1n) is 8.20. The summed E-state index contributed by atoms with van der Waals surface area (Å²) in [7, 11) is 1.64. The Morgan fingerprint density at radius 1 is 1.16 bits per heavy atom. The molecule has 3 aromatic rings. The second kappa shape index (κ2) is 7.66. The number of carbonyl (C=O) groups is 1. The Bertz CT molecular complexity index is 853. The zero-order valence-electron chi connectivity index (χ0n) is 14.4. The third kappa shape index (κ3) is 4.26. The van der Waals surface area contributed by atoms with Crippen LogP contribution in [0.1, 0.15) is 17.7 Å². The number of nitrogens with one attached hydrogen (secondary N) is 2. The number of methoxy groups -OCH3 is 1. The van der Waals surface area contributed by atoms with E-state index in [0.29, 0.717) is 12.8 Å². The molecule has 25 heavy (non-hydrogen) atoms. The Morgan fingerprint density at radius 2 is 1.92 bits per heavy atom. The lowest BCUT2D eigenvalue weighted by Crippen LogP contribution is -2.12. The number of rotatable bonds is 6. The van der Waals surface area contributed by atoms with E-state index in [1.54, 1.807) is 7.11 Å². The van der Waals surface area contributed by atoms with Gasteiger partial charge in [-0.1, -0.05) is 30.3 Å². The molecule has 5 heteroatoms. The largest absolute Gasteiger partial charge is 0.496 e. The van der Waals surface area contributed by atoms with Crippen LogP contribution in [0.25, 0.3) is 11.3 Å². The van der Waals surface area contributed by atoms with Crippen molar-refractivity contribution in [1.29, 1.82) is 0 Å². The van der Waals surface area contributed by atoms with Gasteiger partial charge in [-0.2, -0.15) is 5.10 Å². The number of hydrogen-bond acceptors (Lipinski definition) is 3. The fraction of sp³-hybridized carbons (Fsp3) is 0.200. The van der Waals surface area contributed by atoms with Crippen LogP contribution < -0.4 is 10.1 Å². The van der Waals surface area contributed by atoms with Gasteiger partial charge >= 0.3 is 0 Å². The monoisotopic (exact) mass is 335 g/mol. The van der Waals surface area contributed by atoms with Crippen LogP contribution in [0.4, 0.5) is 5.69 Å². The highest BCUT2D eigenvalue weighted by atomic mass is 16.5. The van der Waals surface area contributed by atoms with Gasteiger partial charge < -0.3 is 10.1 Å². The summed E-state index contributed by atoms with van der Waals surface area (Å²) in [5, 5.41) is 10.1. The minimum absolute atomic E-state index is 0.0192. The normalized spacial score (nSPS) is 10.5. The molecule has 0 saturated heterocycles. The lowest BCUT2D eigenvalue weighted by molar-refractivity contribution is -0.116. The molecule has 0 bridgehead atoms. The van der Waals surface area contributed by atoms with Crippen molar-refractivity contribution < 1.29 is 9.53 Å². The highest BCUT2D eigenvalue weighted by Gasteiger charge is 2.07. The summed E-state index contributed by atoms with van der Waals surface area (Å²) in [6.45, 7) is 1.97. The average molecular weight is 335 g/mol. The number of carbonyl (C=O) groups excluding carboxylic acids is 1. The van der Waals surface area contributed by atoms with E-state index in [1.165, 1.54) is 0 Å². The van der Waals surface area contributed by atoms with E-state index in [0.717, 1.165) is 34.0 Å². The van der Waals surface area contributed by atoms with Gasteiger partial charge in [-0.15, -0.1) is 0 Å². The fourth-order valence-corrected chi connectivity index (χ4v) is 2.67. The molecule has 2 aromatic carbocycles. The van der Waals surface area contributed by atoms with Crippen LogP contribution in [-0.2, 0) is 11.2 Å². The Labute approximate surface area is 147 Å². The minimum Gasteiger partial charge on any atom is -0.496 e. The van der Waals surface area contributed by atoms with Crippen LogP contribution in [-0.4, -0.2) is 23.2 Å². The summed E-state index contributed by atoms with van der Waals surface area (Å²) >= 11 is 0. The summed E-state index contributed by atoms with van der Waals surface area (Å²) in [5.74, 6) is 0.795. The van der Waals surface area contributed by atoms with E-state index in [-0.39, 0.29) is 5.91 Å². The van der Waals surface area contributed by atoms with E-state index >= 15 is 0 Å². The van der Waals surface area contributed by atoms with Gasteiger partial charge in [0.05, 0.1) is 12.8 Å². The maximum absolute atomic E-state index is 12.2. The second-order valence-electron chi connectivity index (χ2n) is 5.87. The Kier molecular flexibility index (Phi) is 5.14. The van der Waals surface area contributed by atoms with Crippen LogP contribution in [0.3, 0.4) is 0 Å². The third-order valence-corrected chi connectivity index (χ3v) is 3.98. The number of hydrogen-bond donors (Lipinski definition) is 2. The van der Waals surface area contributed by atoms with E-state index in [4.69, 9.17) is 4.74 Å². The molecule has 1 amide bonds. The number of benzene rings is 2. The number of anilines is 1. The second-order valence-corrected chi connectivity index (χ2v) is 5.87. The van der Waals surface area contributed by atoms with Gasteiger partial charge in [0.15, 0.2) is 0 Å². The molecule has 0 saturated carbocycles. The predicted octanol–water partition coefficient (Wildman–Crippen LogP) is 3.97. The molecule has 0 aliphatic rings. The molecule has 0 radical (unpaired) electrons. The molecule has 2 N–H and O–H groups in total. The molecule has 0 spiro atoms. The summed E-state index contributed by atoms with van der Waals surface area (Å²) in [6.07, 6.45) is 1.04. The van der Waals surface area contributed by atoms with E-state index in [1.807, 2.05) is 61.5 Å². The maximum atomic E-state index is 12.2. The van der Waals surface area contributed by atoms with Gasteiger partial charge in [-0.05, 0) is 43.2 Å². The first-order valence-corrected chi connectivity index (χ1v) is 8.20. The van der Waals surface area contributed by atoms with Gasteiger partial charge in [0.25, 0.3) is 0 Å². The lowest BCUT2D eigenvalue weighted by atomic mass is 10.1. The van der Waals surface area contributed by atoms with Crippen LogP contribution in [0.15, 0.2) is 54.6 Å². The number of amides is 1. The molecule has 0 atom stereocenters. The minimum atomic E-state index is -0.0192. The molecule has 1 heterocycles. The van der Waals surface area contributed by atoms with Crippen LogP contribution in [0, 0.1) is 6.92 Å². The number of nitrogens with zero attached hydrogens (tertiary/aromatic N) is 1. The van der Waals surface area contributed by atoms with Crippen LogP contribution >= 0.6 is 0 Å². The molecular weight excluding hydrogens is 314 g/mol. The van der Waals surface area contributed by atoms with E-state index in [9.17, 15) is 4.79 Å². The quantitative estimate of drug-likeness (QED) is 0.716. The summed E-state index contributed by atoms with van der Waals surface area (Å²) < 4.78 is 5.31. The van der Waals surface area contributed by atoms with Gasteiger partial charge in [0.2, 0.25) is 5.91 Å². The first kappa shape index (κ1) is 16.8. The van der Waals surface area contributed by atoms with Crippen molar-refractivity contribution in [3.63, 3.8) is 0 Å². The summed E-state index contributed by atoms with van der Waals surface area (Å²) in [5.41, 5.74) is 4.73. The number of H-pyrrole nitrogens is 1. The fourth-order valence-electron chi connectivity index (χ4n) is 2.67. The van der Waals surface area contributed by atoms with Crippen molar-refractivity contribution in [3.8, 4) is 17.0 Å². The highest BCUT2D eigenvalue weighted by Crippen LogP contribution is 2.21. The molecule has 0 aliphatic heterocycles.